The Labute approximate surface area is 159 Å². The molecule has 1 heterocycles. The monoisotopic (exact) mass is 372 g/mol. The predicted octanol–water partition coefficient (Wildman–Crippen LogP) is 3.21. The SMILES string of the molecule is CN/C(CC1CC1)=C(\C=N)c1nc(NC23CCC(N)(CC2)CC3)ncc1F. The fraction of sp³-hybridized carbons (Fsp3) is 0.650. The molecule has 1 aromatic rings. The molecule has 0 amide bonds. The second-order valence-electron chi connectivity index (χ2n) is 8.59. The minimum absolute atomic E-state index is 0.00115. The van der Waals surface area contributed by atoms with Crippen LogP contribution in [0.5, 0.6) is 0 Å². The number of allylic oxidation sites excluding steroid dienone is 2. The van der Waals surface area contributed by atoms with E-state index in [1.165, 1.54) is 25.3 Å². The van der Waals surface area contributed by atoms with Crippen LogP contribution in [0.3, 0.4) is 0 Å². The molecule has 7 heteroatoms. The van der Waals surface area contributed by atoms with Gasteiger partial charge in [0.2, 0.25) is 5.95 Å². The molecule has 146 valence electrons. The van der Waals surface area contributed by atoms with E-state index in [0.29, 0.717) is 17.4 Å². The van der Waals surface area contributed by atoms with Crippen LogP contribution in [0.1, 0.15) is 63.5 Å². The van der Waals surface area contributed by atoms with Gasteiger partial charge in [0, 0.05) is 35.6 Å². The normalized spacial score (nSPS) is 30.6. The van der Waals surface area contributed by atoms with Gasteiger partial charge in [-0.1, -0.05) is 0 Å². The van der Waals surface area contributed by atoms with Gasteiger partial charge in [0.15, 0.2) is 5.82 Å². The second kappa shape index (κ2) is 6.86. The molecule has 0 spiro atoms. The van der Waals surface area contributed by atoms with Crippen LogP contribution in [0, 0.1) is 17.1 Å². The van der Waals surface area contributed by atoms with Gasteiger partial charge in [-0.3, -0.25) is 0 Å². The minimum Gasteiger partial charge on any atom is -0.391 e. The number of fused-ring (bicyclic) bond motifs is 3. The maximum Gasteiger partial charge on any atom is 0.223 e. The summed E-state index contributed by atoms with van der Waals surface area (Å²) in [5, 5.41) is 14.5. The van der Waals surface area contributed by atoms with E-state index in [-0.39, 0.29) is 16.8 Å². The van der Waals surface area contributed by atoms with Crippen LogP contribution in [0.25, 0.3) is 5.57 Å². The Hall–Kier alpha value is -2.02. The number of anilines is 1. The van der Waals surface area contributed by atoms with Crippen LogP contribution in [-0.2, 0) is 0 Å². The largest absolute Gasteiger partial charge is 0.391 e. The third-order valence-corrected chi connectivity index (χ3v) is 6.64. The number of nitrogens with one attached hydrogen (secondary N) is 3. The Morgan fingerprint density at radius 3 is 2.52 bits per heavy atom. The van der Waals surface area contributed by atoms with E-state index in [0.717, 1.165) is 50.6 Å². The van der Waals surface area contributed by atoms with Crippen molar-refractivity contribution in [3.63, 3.8) is 0 Å². The Kier molecular flexibility index (Phi) is 4.66. The standard InChI is InChI=1S/C20H29FN6/c1-24-16(10-13-2-3-13)14(11-22)17-15(21)12-25-18(26-17)27-20-7-4-19(23,5-8-20)6-9-20/h11-13,22,24H,2-10,23H2,1H3,(H,25,26,27)/b16-14+,22-11?. The smallest absolute Gasteiger partial charge is 0.223 e. The molecule has 4 aliphatic rings. The Bertz CT molecular complexity index is 745. The topological polar surface area (TPSA) is 99.7 Å². The lowest BCUT2D eigenvalue weighted by atomic mass is 9.62. The van der Waals surface area contributed by atoms with E-state index in [4.69, 9.17) is 11.1 Å². The zero-order chi connectivity index (χ0) is 19.1. The van der Waals surface area contributed by atoms with E-state index in [2.05, 4.69) is 20.6 Å². The van der Waals surface area contributed by atoms with E-state index in [9.17, 15) is 4.39 Å². The van der Waals surface area contributed by atoms with Crippen molar-refractivity contribution in [3.05, 3.63) is 23.4 Å². The summed E-state index contributed by atoms with van der Waals surface area (Å²) in [6.07, 6.45) is 11.6. The maximum atomic E-state index is 14.5. The highest BCUT2D eigenvalue weighted by atomic mass is 19.1. The average Bonchev–Trinajstić information content (AvgIpc) is 3.49. The molecular formula is C20H29FN6. The van der Waals surface area contributed by atoms with E-state index >= 15 is 0 Å². The Morgan fingerprint density at radius 1 is 1.30 bits per heavy atom. The number of nitrogens with zero attached hydrogens (tertiary/aromatic N) is 2. The molecule has 5 N–H and O–H groups in total. The number of rotatable bonds is 7. The molecular weight excluding hydrogens is 343 g/mol. The minimum atomic E-state index is -0.492. The van der Waals surface area contributed by atoms with Crippen LogP contribution in [0.15, 0.2) is 11.9 Å². The third kappa shape index (κ3) is 3.70. The first-order valence-electron chi connectivity index (χ1n) is 9.97. The quantitative estimate of drug-likeness (QED) is 0.551. The fourth-order valence-corrected chi connectivity index (χ4v) is 4.51. The van der Waals surface area contributed by atoms with Gasteiger partial charge in [0.25, 0.3) is 0 Å². The van der Waals surface area contributed by atoms with Gasteiger partial charge in [-0.2, -0.15) is 0 Å². The van der Waals surface area contributed by atoms with Crippen molar-refractivity contribution in [3.8, 4) is 0 Å². The number of aromatic nitrogens is 2. The summed E-state index contributed by atoms with van der Waals surface area (Å²) in [6.45, 7) is 0. The maximum absolute atomic E-state index is 14.5. The third-order valence-electron chi connectivity index (χ3n) is 6.64. The number of hydrogen-bond donors (Lipinski definition) is 4. The highest BCUT2D eigenvalue weighted by Gasteiger charge is 2.47. The fourth-order valence-electron chi connectivity index (χ4n) is 4.51. The van der Waals surface area contributed by atoms with Gasteiger partial charge in [-0.05, 0) is 63.7 Å². The first-order valence-corrected chi connectivity index (χ1v) is 9.97. The summed E-state index contributed by atoms with van der Waals surface area (Å²) in [5.41, 5.74) is 7.94. The van der Waals surface area contributed by atoms with Gasteiger partial charge in [0.05, 0.1) is 6.20 Å². The molecule has 4 saturated carbocycles. The van der Waals surface area contributed by atoms with Gasteiger partial charge in [0.1, 0.15) is 5.69 Å². The summed E-state index contributed by atoms with van der Waals surface area (Å²) in [5.74, 6) is 0.581. The van der Waals surface area contributed by atoms with Crippen LogP contribution < -0.4 is 16.4 Å². The lowest BCUT2D eigenvalue weighted by Crippen LogP contribution is -2.58. The zero-order valence-electron chi connectivity index (χ0n) is 15.9. The van der Waals surface area contributed by atoms with Crippen molar-refractivity contribution in [2.75, 3.05) is 12.4 Å². The summed E-state index contributed by atoms with van der Waals surface area (Å²) in [4.78, 5) is 8.67. The summed E-state index contributed by atoms with van der Waals surface area (Å²) < 4.78 is 14.5. The molecule has 0 radical (unpaired) electrons. The molecule has 0 aromatic carbocycles. The molecule has 0 aliphatic heterocycles. The number of nitrogens with two attached hydrogens (primary N) is 1. The van der Waals surface area contributed by atoms with Crippen molar-refractivity contribution in [2.24, 2.45) is 11.7 Å². The highest BCUT2D eigenvalue weighted by molar-refractivity contribution is 6.08. The molecule has 5 rings (SSSR count). The van der Waals surface area contributed by atoms with Crippen molar-refractivity contribution in [1.82, 2.24) is 15.3 Å². The highest BCUT2D eigenvalue weighted by Crippen LogP contribution is 2.46. The van der Waals surface area contributed by atoms with Crippen LogP contribution in [0.4, 0.5) is 10.3 Å². The molecule has 1 aromatic heterocycles. The molecule has 2 bridgehead atoms. The van der Waals surface area contributed by atoms with Crippen LogP contribution in [-0.4, -0.2) is 34.3 Å². The molecule has 4 aliphatic carbocycles. The van der Waals surface area contributed by atoms with Gasteiger partial charge in [-0.15, -0.1) is 0 Å². The summed E-state index contributed by atoms with van der Waals surface area (Å²) >= 11 is 0. The first kappa shape index (κ1) is 18.3. The number of hydrogen-bond acceptors (Lipinski definition) is 6. The Balaban J connectivity index is 1.61. The van der Waals surface area contributed by atoms with Crippen molar-refractivity contribution < 1.29 is 4.39 Å². The first-order chi connectivity index (χ1) is 13.0. The predicted molar refractivity (Wildman–Crippen MR) is 105 cm³/mol. The zero-order valence-corrected chi connectivity index (χ0v) is 15.9. The summed E-state index contributed by atoms with van der Waals surface area (Å²) in [7, 11) is 1.82. The van der Waals surface area contributed by atoms with E-state index in [1.54, 1.807) is 0 Å². The van der Waals surface area contributed by atoms with Gasteiger partial charge < -0.3 is 21.8 Å². The van der Waals surface area contributed by atoms with Crippen molar-refractivity contribution in [2.45, 2.75) is 68.9 Å². The molecule has 6 nitrogen and oxygen atoms in total. The van der Waals surface area contributed by atoms with Gasteiger partial charge >= 0.3 is 0 Å². The second-order valence-corrected chi connectivity index (χ2v) is 8.59. The van der Waals surface area contributed by atoms with Crippen molar-refractivity contribution in [1.29, 1.82) is 5.41 Å². The average molecular weight is 372 g/mol. The molecule has 0 atom stereocenters. The van der Waals surface area contributed by atoms with Crippen LogP contribution in [0.2, 0.25) is 0 Å². The van der Waals surface area contributed by atoms with Crippen LogP contribution >= 0.6 is 0 Å². The number of halogens is 1. The molecule has 0 unspecified atom stereocenters. The molecule has 27 heavy (non-hydrogen) atoms. The molecule has 4 fully saturated rings. The lowest BCUT2D eigenvalue weighted by Gasteiger charge is -2.52. The van der Waals surface area contributed by atoms with Gasteiger partial charge in [-0.25, -0.2) is 14.4 Å². The lowest BCUT2D eigenvalue weighted by molar-refractivity contribution is 0.126. The van der Waals surface area contributed by atoms with Crippen molar-refractivity contribution >= 4 is 17.7 Å². The van der Waals surface area contributed by atoms with E-state index in [1.807, 2.05) is 7.05 Å². The molecule has 0 saturated heterocycles. The van der Waals surface area contributed by atoms with E-state index < -0.39 is 5.82 Å². The Morgan fingerprint density at radius 2 is 1.96 bits per heavy atom. The summed E-state index contributed by atoms with van der Waals surface area (Å²) in [6, 6.07) is 0.